The number of hydrogen-bond acceptors (Lipinski definition) is 4. The van der Waals surface area contributed by atoms with E-state index in [1.165, 1.54) is 0 Å². The van der Waals surface area contributed by atoms with E-state index < -0.39 is 10.0 Å². The fraction of sp³-hybridized carbons (Fsp3) is 0.947. The predicted octanol–water partition coefficient (Wildman–Crippen LogP) is 1.95. The zero-order chi connectivity index (χ0) is 20.1. The summed E-state index contributed by atoms with van der Waals surface area (Å²) in [5.74, 6) is 0.976. The van der Waals surface area contributed by atoms with Gasteiger partial charge in [-0.15, -0.1) is 0 Å². The Labute approximate surface area is 165 Å². The standard InChI is InChI=1S/C19H38N4O3S/c1-6-8-13-26-17-14-16(19(17,3)4)22-18(20-5)21-15-9-11-23(12-10-15)27(24,25)7-2/h15-17H,6-14H2,1-5H3,(H2,20,21,22). The summed E-state index contributed by atoms with van der Waals surface area (Å²) < 4.78 is 31.6. The fourth-order valence-corrected chi connectivity index (χ4v) is 4.91. The Morgan fingerprint density at radius 2 is 1.89 bits per heavy atom. The molecule has 0 aromatic rings. The molecule has 158 valence electrons. The van der Waals surface area contributed by atoms with E-state index in [0.29, 0.717) is 25.2 Å². The molecule has 2 unspecified atom stereocenters. The Kier molecular flexibility index (Phi) is 7.94. The van der Waals surface area contributed by atoms with E-state index in [9.17, 15) is 8.42 Å². The summed E-state index contributed by atoms with van der Waals surface area (Å²) in [7, 11) is -1.29. The summed E-state index contributed by atoms with van der Waals surface area (Å²) in [6.07, 6.45) is 5.16. The van der Waals surface area contributed by atoms with Crippen molar-refractivity contribution in [3.05, 3.63) is 0 Å². The average Bonchev–Trinajstić information content (AvgIpc) is 2.66. The summed E-state index contributed by atoms with van der Waals surface area (Å²) in [6.45, 7) is 10.4. The third-order valence-corrected chi connectivity index (χ3v) is 7.96. The van der Waals surface area contributed by atoms with Crippen LogP contribution < -0.4 is 10.6 Å². The van der Waals surface area contributed by atoms with Crippen LogP contribution >= 0.6 is 0 Å². The lowest BCUT2D eigenvalue weighted by atomic mass is 9.64. The maximum atomic E-state index is 12.0. The number of sulfonamides is 1. The number of hydrogen-bond donors (Lipinski definition) is 2. The highest BCUT2D eigenvalue weighted by Crippen LogP contribution is 2.42. The van der Waals surface area contributed by atoms with Gasteiger partial charge in [0.15, 0.2) is 5.96 Å². The van der Waals surface area contributed by atoms with E-state index in [1.54, 1.807) is 18.3 Å². The highest BCUT2D eigenvalue weighted by atomic mass is 32.2. The van der Waals surface area contributed by atoms with Crippen molar-refractivity contribution in [3.8, 4) is 0 Å². The van der Waals surface area contributed by atoms with Crippen LogP contribution in [0.25, 0.3) is 0 Å². The maximum Gasteiger partial charge on any atom is 0.213 e. The topological polar surface area (TPSA) is 83.0 Å². The number of nitrogens with zero attached hydrogens (tertiary/aromatic N) is 2. The number of nitrogens with one attached hydrogen (secondary N) is 2. The van der Waals surface area contributed by atoms with Crippen LogP contribution in [0.3, 0.4) is 0 Å². The maximum absolute atomic E-state index is 12.0. The number of ether oxygens (including phenoxy) is 1. The molecule has 2 aliphatic rings. The minimum absolute atomic E-state index is 0.0733. The molecule has 0 amide bonds. The molecule has 0 radical (unpaired) electrons. The van der Waals surface area contributed by atoms with E-state index in [-0.39, 0.29) is 17.2 Å². The molecule has 8 heteroatoms. The first kappa shape index (κ1) is 22.4. The second-order valence-electron chi connectivity index (χ2n) is 8.26. The van der Waals surface area contributed by atoms with Crippen molar-refractivity contribution >= 4 is 16.0 Å². The monoisotopic (exact) mass is 402 g/mol. The second kappa shape index (κ2) is 9.56. The van der Waals surface area contributed by atoms with E-state index in [2.05, 4.69) is 36.4 Å². The van der Waals surface area contributed by atoms with Gasteiger partial charge >= 0.3 is 0 Å². The van der Waals surface area contributed by atoms with E-state index in [4.69, 9.17) is 4.74 Å². The molecule has 0 aromatic carbocycles. The van der Waals surface area contributed by atoms with Gasteiger partial charge in [-0.3, -0.25) is 4.99 Å². The molecule has 1 saturated carbocycles. The molecule has 2 N–H and O–H groups in total. The van der Waals surface area contributed by atoms with Crippen molar-refractivity contribution in [1.29, 1.82) is 0 Å². The summed E-state index contributed by atoms with van der Waals surface area (Å²) >= 11 is 0. The summed E-state index contributed by atoms with van der Waals surface area (Å²) in [4.78, 5) is 4.38. The van der Waals surface area contributed by atoms with Crippen LogP contribution in [0.4, 0.5) is 0 Å². The van der Waals surface area contributed by atoms with Crippen molar-refractivity contribution in [2.45, 2.75) is 78.0 Å². The lowest BCUT2D eigenvalue weighted by Gasteiger charge is -2.52. The lowest BCUT2D eigenvalue weighted by molar-refractivity contribution is -0.113. The molecule has 2 atom stereocenters. The van der Waals surface area contributed by atoms with Gasteiger partial charge in [0.1, 0.15) is 0 Å². The quantitative estimate of drug-likeness (QED) is 0.368. The van der Waals surface area contributed by atoms with Crippen LogP contribution in [-0.4, -0.2) is 69.4 Å². The lowest BCUT2D eigenvalue weighted by Crippen LogP contribution is -2.64. The predicted molar refractivity (Wildman–Crippen MR) is 111 cm³/mol. The summed E-state index contributed by atoms with van der Waals surface area (Å²) in [5, 5.41) is 7.02. The Balaban J connectivity index is 1.79. The van der Waals surface area contributed by atoms with Crippen LogP contribution in [0.2, 0.25) is 0 Å². The van der Waals surface area contributed by atoms with Gasteiger partial charge in [0.25, 0.3) is 0 Å². The zero-order valence-corrected chi connectivity index (χ0v) is 18.4. The summed E-state index contributed by atoms with van der Waals surface area (Å²) in [6, 6.07) is 0.579. The number of unbranched alkanes of at least 4 members (excludes halogenated alkanes) is 1. The van der Waals surface area contributed by atoms with Gasteiger partial charge in [-0.25, -0.2) is 12.7 Å². The molecule has 0 bridgehead atoms. The highest BCUT2D eigenvalue weighted by Gasteiger charge is 2.49. The van der Waals surface area contributed by atoms with Crippen molar-refractivity contribution in [3.63, 3.8) is 0 Å². The molecule has 2 rings (SSSR count). The molecule has 1 saturated heterocycles. The third kappa shape index (κ3) is 5.57. The second-order valence-corrected chi connectivity index (χ2v) is 10.5. The summed E-state index contributed by atoms with van der Waals surface area (Å²) in [5.41, 5.74) is 0.0733. The molecule has 0 aromatic heterocycles. The fourth-order valence-electron chi connectivity index (χ4n) is 3.77. The number of guanidine groups is 1. The van der Waals surface area contributed by atoms with Gasteiger partial charge in [0.05, 0.1) is 11.9 Å². The van der Waals surface area contributed by atoms with Gasteiger partial charge in [0.2, 0.25) is 10.0 Å². The number of piperidine rings is 1. The normalized spacial score (nSPS) is 27.2. The van der Waals surface area contributed by atoms with Crippen molar-refractivity contribution in [2.24, 2.45) is 10.4 Å². The largest absolute Gasteiger partial charge is 0.378 e. The Bertz CT molecular complexity index is 598. The Morgan fingerprint density at radius 3 is 2.41 bits per heavy atom. The van der Waals surface area contributed by atoms with Crippen LogP contribution in [0, 0.1) is 5.41 Å². The van der Waals surface area contributed by atoms with Gasteiger partial charge < -0.3 is 15.4 Å². The first-order valence-electron chi connectivity index (χ1n) is 10.3. The van der Waals surface area contributed by atoms with Crippen LogP contribution in [-0.2, 0) is 14.8 Å². The third-order valence-electron chi connectivity index (χ3n) is 6.08. The van der Waals surface area contributed by atoms with E-state index in [0.717, 1.165) is 44.7 Å². The van der Waals surface area contributed by atoms with Gasteiger partial charge in [-0.2, -0.15) is 0 Å². The average molecular weight is 403 g/mol. The van der Waals surface area contributed by atoms with Gasteiger partial charge in [0, 0.05) is 44.2 Å². The number of rotatable bonds is 8. The molecule has 7 nitrogen and oxygen atoms in total. The highest BCUT2D eigenvalue weighted by molar-refractivity contribution is 7.89. The smallest absolute Gasteiger partial charge is 0.213 e. The van der Waals surface area contributed by atoms with Crippen LogP contribution in [0.15, 0.2) is 4.99 Å². The first-order valence-corrected chi connectivity index (χ1v) is 11.9. The van der Waals surface area contributed by atoms with Gasteiger partial charge in [-0.05, 0) is 32.6 Å². The van der Waals surface area contributed by atoms with Gasteiger partial charge in [-0.1, -0.05) is 27.2 Å². The van der Waals surface area contributed by atoms with E-state index in [1.807, 2.05) is 0 Å². The molecule has 1 aliphatic heterocycles. The SMILES string of the molecule is CCCCOC1CC(NC(=NC)NC2CCN(S(=O)(=O)CC)CC2)C1(C)C. The number of aliphatic imine (C=N–C) groups is 1. The molecular formula is C19H38N4O3S. The minimum atomic E-state index is -3.08. The molecular weight excluding hydrogens is 364 g/mol. The molecule has 1 heterocycles. The molecule has 1 aliphatic carbocycles. The van der Waals surface area contributed by atoms with Crippen molar-refractivity contribution in [1.82, 2.24) is 14.9 Å². The zero-order valence-electron chi connectivity index (χ0n) is 17.6. The van der Waals surface area contributed by atoms with Crippen molar-refractivity contribution < 1.29 is 13.2 Å². The first-order chi connectivity index (χ1) is 12.7. The Hall–Kier alpha value is -0.860. The minimum Gasteiger partial charge on any atom is -0.378 e. The van der Waals surface area contributed by atoms with Crippen molar-refractivity contribution in [2.75, 3.05) is 32.5 Å². The molecule has 27 heavy (non-hydrogen) atoms. The Morgan fingerprint density at radius 1 is 1.22 bits per heavy atom. The van der Waals surface area contributed by atoms with E-state index >= 15 is 0 Å². The van der Waals surface area contributed by atoms with Crippen LogP contribution in [0.1, 0.15) is 59.8 Å². The molecule has 0 spiro atoms. The van der Waals surface area contributed by atoms with Crippen LogP contribution in [0.5, 0.6) is 0 Å². The molecule has 2 fully saturated rings.